The summed E-state index contributed by atoms with van der Waals surface area (Å²) < 4.78 is 6.63. The molecule has 0 saturated carbocycles. The maximum Gasteiger partial charge on any atom is 0.279 e. The number of nitrogens with zero attached hydrogens (tertiary/aromatic N) is 6. The number of amides is 1. The number of methoxy groups -OCH3 is 1. The molecule has 4 aromatic rings. The third-order valence-electron chi connectivity index (χ3n) is 5.57. The molecule has 0 spiro atoms. The van der Waals surface area contributed by atoms with E-state index in [1.807, 2.05) is 25.1 Å². The van der Waals surface area contributed by atoms with E-state index in [1.54, 1.807) is 12.1 Å². The van der Waals surface area contributed by atoms with Crippen LogP contribution in [0.15, 0.2) is 42.6 Å². The van der Waals surface area contributed by atoms with Gasteiger partial charge in [0.25, 0.3) is 17.3 Å². The summed E-state index contributed by atoms with van der Waals surface area (Å²) in [5.74, 6) is -0.178. The van der Waals surface area contributed by atoms with Crippen molar-refractivity contribution in [3.05, 3.63) is 85.1 Å². The summed E-state index contributed by atoms with van der Waals surface area (Å²) in [5, 5.41) is 39.8. The Labute approximate surface area is 202 Å². The lowest BCUT2D eigenvalue weighted by Crippen LogP contribution is -2.18. The summed E-state index contributed by atoms with van der Waals surface area (Å²) in [6.07, 6.45) is 1.22. The second-order valence-corrected chi connectivity index (χ2v) is 7.69. The first-order chi connectivity index (χ1) is 17.2. The van der Waals surface area contributed by atoms with E-state index in [1.165, 1.54) is 24.9 Å². The zero-order chi connectivity index (χ0) is 26.1. The predicted molar refractivity (Wildman–Crippen MR) is 127 cm³/mol. The Balaban J connectivity index is 1.85. The number of ether oxygens (including phenoxy) is 1. The first-order valence-electron chi connectivity index (χ1n) is 10.3. The van der Waals surface area contributed by atoms with Gasteiger partial charge in [0.05, 0.1) is 34.8 Å². The molecule has 13 heteroatoms. The fraction of sp³-hybridized carbons (Fsp3) is 0.130. The second kappa shape index (κ2) is 9.11. The molecule has 1 amide bonds. The number of hydrogen-bond acceptors (Lipinski definition) is 9. The minimum absolute atomic E-state index is 0.0134. The number of fused-ring (bicyclic) bond motifs is 1. The van der Waals surface area contributed by atoms with Gasteiger partial charge < -0.3 is 10.1 Å². The van der Waals surface area contributed by atoms with Crippen LogP contribution in [0.2, 0.25) is 0 Å². The van der Waals surface area contributed by atoms with Crippen LogP contribution in [-0.2, 0) is 0 Å². The lowest BCUT2D eigenvalue weighted by atomic mass is 10.0. The molecule has 0 radical (unpaired) electrons. The molecule has 13 nitrogen and oxygen atoms in total. The molecule has 0 aliphatic rings. The molecule has 0 unspecified atom stereocenters. The highest BCUT2D eigenvalue weighted by atomic mass is 16.6. The van der Waals surface area contributed by atoms with Gasteiger partial charge in [-0.25, -0.2) is 4.98 Å². The Morgan fingerprint density at radius 2 is 1.92 bits per heavy atom. The maximum absolute atomic E-state index is 13.2. The van der Waals surface area contributed by atoms with Gasteiger partial charge in [0.2, 0.25) is 0 Å². The molecule has 1 N–H and O–H groups in total. The standard InChI is InChI=1S/C23H17N7O6/c1-12-7-20(26-21-16(12)5-4-6-19(21)36-3)28-22(14(10-24)11-25-28)27-23(31)17-8-15(29(32)33)9-18(13(17)2)30(34)35/h4-9,11H,1-3H3,(H,27,31). The van der Waals surface area contributed by atoms with Gasteiger partial charge in [0.15, 0.2) is 11.6 Å². The number of non-ortho nitro benzene ring substituents is 1. The average Bonchev–Trinajstić information content (AvgIpc) is 3.25. The van der Waals surface area contributed by atoms with E-state index < -0.39 is 27.1 Å². The molecule has 0 bridgehead atoms. The number of nitro groups is 2. The van der Waals surface area contributed by atoms with Crippen LogP contribution in [0.4, 0.5) is 17.2 Å². The van der Waals surface area contributed by atoms with Crippen LogP contribution < -0.4 is 10.1 Å². The van der Waals surface area contributed by atoms with Crippen molar-refractivity contribution in [3.8, 4) is 17.6 Å². The number of nitro benzene ring substituents is 2. The number of nitrogens with one attached hydrogen (secondary N) is 1. The molecule has 2 aromatic carbocycles. The summed E-state index contributed by atoms with van der Waals surface area (Å²) in [4.78, 5) is 38.8. The van der Waals surface area contributed by atoms with Crippen molar-refractivity contribution in [3.63, 3.8) is 0 Å². The zero-order valence-corrected chi connectivity index (χ0v) is 19.2. The van der Waals surface area contributed by atoms with E-state index in [2.05, 4.69) is 15.4 Å². The molecule has 0 atom stereocenters. The number of aromatic nitrogens is 3. The van der Waals surface area contributed by atoms with Crippen molar-refractivity contribution in [1.29, 1.82) is 5.26 Å². The fourth-order valence-electron chi connectivity index (χ4n) is 3.76. The van der Waals surface area contributed by atoms with Crippen LogP contribution in [0.5, 0.6) is 5.75 Å². The van der Waals surface area contributed by atoms with Crippen molar-refractivity contribution >= 4 is 34.0 Å². The smallest absolute Gasteiger partial charge is 0.279 e. The summed E-state index contributed by atoms with van der Waals surface area (Å²) in [6.45, 7) is 3.16. The molecule has 0 aliphatic carbocycles. The van der Waals surface area contributed by atoms with Crippen molar-refractivity contribution in [2.24, 2.45) is 0 Å². The molecule has 4 rings (SSSR count). The first kappa shape index (κ1) is 23.8. The highest BCUT2D eigenvalue weighted by Gasteiger charge is 2.26. The largest absolute Gasteiger partial charge is 0.494 e. The van der Waals surface area contributed by atoms with Crippen LogP contribution in [0.1, 0.15) is 27.0 Å². The molecule has 0 fully saturated rings. The molecule has 36 heavy (non-hydrogen) atoms. The number of hydrogen-bond donors (Lipinski definition) is 1. The molecule has 0 saturated heterocycles. The van der Waals surface area contributed by atoms with E-state index in [4.69, 9.17) is 4.74 Å². The van der Waals surface area contributed by atoms with Gasteiger partial charge in [-0.15, -0.1) is 0 Å². The van der Waals surface area contributed by atoms with E-state index in [0.29, 0.717) is 11.3 Å². The number of pyridine rings is 1. The Hall–Kier alpha value is -5.38. The van der Waals surface area contributed by atoms with Gasteiger partial charge in [0, 0.05) is 17.0 Å². The Kier molecular flexibility index (Phi) is 6.01. The van der Waals surface area contributed by atoms with E-state index >= 15 is 0 Å². The molecular formula is C23H17N7O6. The Morgan fingerprint density at radius 1 is 1.17 bits per heavy atom. The van der Waals surface area contributed by atoms with Crippen LogP contribution >= 0.6 is 0 Å². The number of benzene rings is 2. The van der Waals surface area contributed by atoms with Crippen LogP contribution in [0.3, 0.4) is 0 Å². The summed E-state index contributed by atoms with van der Waals surface area (Å²) >= 11 is 0. The number of carbonyl (C=O) groups excluding carboxylic acids is 1. The fourth-order valence-corrected chi connectivity index (χ4v) is 3.76. The SMILES string of the molecule is COc1cccc2c(C)cc(-n3ncc(C#N)c3NC(=O)c3cc([N+](=O)[O-])cc([N+](=O)[O-])c3C)nc12. The molecule has 0 aliphatic heterocycles. The van der Waals surface area contributed by atoms with Crippen LogP contribution in [0, 0.1) is 45.4 Å². The number of aryl methyl sites for hydroxylation is 1. The topological polar surface area (TPSA) is 179 Å². The minimum Gasteiger partial charge on any atom is -0.494 e. The third-order valence-corrected chi connectivity index (χ3v) is 5.57. The highest BCUT2D eigenvalue weighted by molar-refractivity contribution is 6.06. The number of carbonyl (C=O) groups is 1. The molecule has 2 aromatic heterocycles. The van der Waals surface area contributed by atoms with Gasteiger partial charge in [-0.3, -0.25) is 25.0 Å². The molecule has 180 valence electrons. The predicted octanol–water partition coefficient (Wildman–Crippen LogP) is 3.99. The summed E-state index contributed by atoms with van der Waals surface area (Å²) in [7, 11) is 1.51. The second-order valence-electron chi connectivity index (χ2n) is 7.69. The number of para-hydroxylation sites is 1. The summed E-state index contributed by atoms with van der Waals surface area (Å²) in [6, 6.07) is 10.8. The van der Waals surface area contributed by atoms with Gasteiger partial charge in [-0.05, 0) is 31.5 Å². The maximum atomic E-state index is 13.2. The molecule has 2 heterocycles. The van der Waals surface area contributed by atoms with Gasteiger partial charge >= 0.3 is 0 Å². The van der Waals surface area contributed by atoms with E-state index in [-0.39, 0.29) is 28.3 Å². The normalized spacial score (nSPS) is 10.6. The summed E-state index contributed by atoms with van der Waals surface area (Å²) in [5.41, 5.74) is -0.223. The monoisotopic (exact) mass is 487 g/mol. The van der Waals surface area contributed by atoms with Crippen LogP contribution in [-0.4, -0.2) is 37.6 Å². The Morgan fingerprint density at radius 3 is 2.56 bits per heavy atom. The lowest BCUT2D eigenvalue weighted by molar-refractivity contribution is -0.394. The van der Waals surface area contributed by atoms with Crippen molar-refractivity contribution in [2.75, 3.05) is 12.4 Å². The number of rotatable bonds is 6. The van der Waals surface area contributed by atoms with Crippen molar-refractivity contribution in [2.45, 2.75) is 13.8 Å². The minimum atomic E-state index is -0.896. The average molecular weight is 487 g/mol. The zero-order valence-electron chi connectivity index (χ0n) is 19.2. The van der Waals surface area contributed by atoms with Gasteiger partial charge in [-0.1, -0.05) is 12.1 Å². The molecular weight excluding hydrogens is 470 g/mol. The lowest BCUT2D eigenvalue weighted by Gasteiger charge is -2.13. The quantitative estimate of drug-likeness (QED) is 0.311. The van der Waals surface area contributed by atoms with Gasteiger partial charge in [-0.2, -0.15) is 15.0 Å². The Bertz CT molecular complexity index is 1620. The van der Waals surface area contributed by atoms with Gasteiger partial charge in [0.1, 0.15) is 22.9 Å². The highest BCUT2D eigenvalue weighted by Crippen LogP contribution is 2.31. The third kappa shape index (κ3) is 4.03. The van der Waals surface area contributed by atoms with Crippen LogP contribution in [0.25, 0.3) is 16.7 Å². The van der Waals surface area contributed by atoms with E-state index in [9.17, 15) is 30.3 Å². The van der Waals surface area contributed by atoms with Crippen molar-refractivity contribution in [1.82, 2.24) is 14.8 Å². The first-order valence-corrected chi connectivity index (χ1v) is 10.3. The number of nitriles is 1. The van der Waals surface area contributed by atoms with Crippen molar-refractivity contribution < 1.29 is 19.4 Å². The van der Waals surface area contributed by atoms with E-state index in [0.717, 1.165) is 23.1 Å². The number of anilines is 1.